The van der Waals surface area contributed by atoms with Crippen LogP contribution in [-0.2, 0) is 0 Å². The Morgan fingerprint density at radius 1 is 1.00 bits per heavy atom. The van der Waals surface area contributed by atoms with E-state index in [0.29, 0.717) is 10.8 Å². The highest BCUT2D eigenvalue weighted by molar-refractivity contribution is 6.32. The minimum Gasteiger partial charge on any atom is -0.497 e. The van der Waals surface area contributed by atoms with Crippen LogP contribution in [-0.4, -0.2) is 14.2 Å². The zero-order valence-electron chi connectivity index (χ0n) is 14.3. The molecule has 0 aromatic heterocycles. The molecule has 2 aromatic rings. The van der Waals surface area contributed by atoms with Gasteiger partial charge in [0.25, 0.3) is 0 Å². The van der Waals surface area contributed by atoms with Crippen molar-refractivity contribution in [1.82, 2.24) is 5.32 Å². The predicted molar refractivity (Wildman–Crippen MR) is 95.8 cm³/mol. The lowest BCUT2D eigenvalue weighted by Gasteiger charge is -2.31. The second-order valence-corrected chi connectivity index (χ2v) is 6.96. The van der Waals surface area contributed by atoms with Gasteiger partial charge in [0.15, 0.2) is 0 Å². The molecule has 3 nitrogen and oxygen atoms in total. The van der Waals surface area contributed by atoms with Gasteiger partial charge in [0, 0.05) is 6.04 Å². The van der Waals surface area contributed by atoms with E-state index >= 15 is 0 Å². The van der Waals surface area contributed by atoms with Crippen LogP contribution in [0.1, 0.15) is 32.4 Å². The molecule has 0 aliphatic carbocycles. The lowest BCUT2D eigenvalue weighted by molar-refractivity contribution is 0.287. The maximum atomic E-state index is 6.41. The maximum Gasteiger partial charge on any atom is 0.146 e. The van der Waals surface area contributed by atoms with Crippen molar-refractivity contribution in [3.8, 4) is 17.2 Å². The average Bonchev–Trinajstić information content (AvgIpc) is 2.50. The van der Waals surface area contributed by atoms with Crippen molar-refractivity contribution >= 4 is 11.6 Å². The van der Waals surface area contributed by atoms with Gasteiger partial charge in [0.05, 0.1) is 12.1 Å². The molecule has 124 valence electrons. The highest BCUT2D eigenvalue weighted by Gasteiger charge is 2.25. The topological polar surface area (TPSA) is 30.5 Å². The van der Waals surface area contributed by atoms with Crippen LogP contribution in [0.25, 0.3) is 0 Å². The molecule has 2 rings (SSSR count). The normalized spacial score (nSPS) is 12.8. The number of hydrogen-bond acceptors (Lipinski definition) is 3. The van der Waals surface area contributed by atoms with Crippen molar-refractivity contribution in [1.29, 1.82) is 0 Å². The van der Waals surface area contributed by atoms with Crippen LogP contribution in [0.4, 0.5) is 0 Å². The molecule has 0 spiro atoms. The molecule has 0 radical (unpaired) electrons. The van der Waals surface area contributed by atoms with Gasteiger partial charge in [-0.05, 0) is 54.4 Å². The first-order valence-corrected chi connectivity index (χ1v) is 8.01. The van der Waals surface area contributed by atoms with Crippen LogP contribution in [0.5, 0.6) is 17.2 Å². The van der Waals surface area contributed by atoms with Gasteiger partial charge in [-0.25, -0.2) is 0 Å². The monoisotopic (exact) mass is 333 g/mol. The van der Waals surface area contributed by atoms with Gasteiger partial charge in [0.1, 0.15) is 17.2 Å². The van der Waals surface area contributed by atoms with E-state index in [1.165, 1.54) is 0 Å². The molecule has 1 N–H and O–H groups in total. The zero-order chi connectivity index (χ0) is 17.0. The predicted octanol–water partition coefficient (Wildman–Crippen LogP) is 5.45. The van der Waals surface area contributed by atoms with Crippen LogP contribution < -0.4 is 14.8 Å². The number of ether oxygens (including phenoxy) is 2. The second-order valence-electron chi connectivity index (χ2n) is 6.56. The Hall–Kier alpha value is -1.71. The third kappa shape index (κ3) is 4.40. The largest absolute Gasteiger partial charge is 0.497 e. The number of nitrogens with one attached hydrogen (secondary N) is 1. The molecular formula is C19H24ClNO2. The Morgan fingerprint density at radius 2 is 1.61 bits per heavy atom. The van der Waals surface area contributed by atoms with E-state index in [1.54, 1.807) is 7.11 Å². The maximum absolute atomic E-state index is 6.41. The molecule has 0 aliphatic heterocycles. The Morgan fingerprint density at radius 3 is 2.09 bits per heavy atom. The van der Waals surface area contributed by atoms with E-state index in [0.717, 1.165) is 17.1 Å². The Kier molecular flexibility index (Phi) is 5.55. The van der Waals surface area contributed by atoms with Crippen molar-refractivity contribution in [3.05, 3.63) is 53.1 Å². The first kappa shape index (κ1) is 17.6. The summed E-state index contributed by atoms with van der Waals surface area (Å²) in [7, 11) is 3.60. The van der Waals surface area contributed by atoms with Crippen molar-refractivity contribution in [2.75, 3.05) is 14.2 Å². The molecule has 0 heterocycles. The molecule has 0 amide bonds. The van der Waals surface area contributed by atoms with Crippen LogP contribution in [0.2, 0.25) is 5.02 Å². The lowest BCUT2D eigenvalue weighted by atomic mass is 9.82. The Bertz CT molecular complexity index is 647. The highest BCUT2D eigenvalue weighted by atomic mass is 35.5. The number of rotatable bonds is 5. The molecule has 0 aliphatic rings. The summed E-state index contributed by atoms with van der Waals surface area (Å²) in [6.07, 6.45) is 0. The lowest BCUT2D eigenvalue weighted by Crippen LogP contribution is -2.29. The van der Waals surface area contributed by atoms with E-state index in [4.69, 9.17) is 21.1 Å². The van der Waals surface area contributed by atoms with Gasteiger partial charge in [-0.15, -0.1) is 0 Å². The summed E-state index contributed by atoms with van der Waals surface area (Å²) in [6.45, 7) is 6.59. The molecule has 0 saturated heterocycles. The number of benzene rings is 2. The van der Waals surface area contributed by atoms with Crippen molar-refractivity contribution < 1.29 is 9.47 Å². The van der Waals surface area contributed by atoms with Gasteiger partial charge in [0.2, 0.25) is 0 Å². The quantitative estimate of drug-likeness (QED) is 0.789. The smallest absolute Gasteiger partial charge is 0.146 e. The third-order valence-electron chi connectivity index (χ3n) is 3.73. The molecule has 0 fully saturated rings. The number of halogens is 1. The SMILES string of the molecule is CNC(c1ccc(Oc2ccc(OC)cc2)c(Cl)c1)C(C)(C)C. The molecule has 0 bridgehead atoms. The minimum absolute atomic E-state index is 0.0937. The summed E-state index contributed by atoms with van der Waals surface area (Å²) in [6, 6.07) is 13.6. The molecular weight excluding hydrogens is 310 g/mol. The number of methoxy groups -OCH3 is 1. The van der Waals surface area contributed by atoms with Gasteiger partial charge in [-0.1, -0.05) is 38.4 Å². The standard InChI is InChI=1S/C19H24ClNO2/c1-19(2,3)18(21-4)13-6-11-17(16(20)12-13)23-15-9-7-14(22-5)8-10-15/h6-12,18,21H,1-5H3. The van der Waals surface area contributed by atoms with Crippen LogP contribution in [0.3, 0.4) is 0 Å². The van der Waals surface area contributed by atoms with Crippen LogP contribution in [0, 0.1) is 5.41 Å². The first-order valence-electron chi connectivity index (χ1n) is 7.64. The van der Waals surface area contributed by atoms with Crippen molar-refractivity contribution in [2.45, 2.75) is 26.8 Å². The molecule has 2 aromatic carbocycles. The summed E-state index contributed by atoms with van der Waals surface area (Å²) in [4.78, 5) is 0. The summed E-state index contributed by atoms with van der Waals surface area (Å²) in [5.41, 5.74) is 1.24. The van der Waals surface area contributed by atoms with Gasteiger partial charge in [-0.3, -0.25) is 0 Å². The summed E-state index contributed by atoms with van der Waals surface area (Å²) in [5.74, 6) is 2.16. The Balaban J connectivity index is 2.21. The fourth-order valence-corrected chi connectivity index (χ4v) is 2.88. The minimum atomic E-state index is 0.0937. The summed E-state index contributed by atoms with van der Waals surface area (Å²) in [5, 5.41) is 3.95. The van der Waals surface area contributed by atoms with Crippen molar-refractivity contribution in [3.63, 3.8) is 0 Å². The van der Waals surface area contributed by atoms with E-state index in [1.807, 2.05) is 43.4 Å². The summed E-state index contributed by atoms with van der Waals surface area (Å²) < 4.78 is 11.0. The third-order valence-corrected chi connectivity index (χ3v) is 4.03. The van der Waals surface area contributed by atoms with E-state index in [2.05, 4.69) is 32.2 Å². The molecule has 1 unspecified atom stereocenters. The van der Waals surface area contributed by atoms with E-state index < -0.39 is 0 Å². The highest BCUT2D eigenvalue weighted by Crippen LogP contribution is 2.37. The molecule has 4 heteroatoms. The van der Waals surface area contributed by atoms with Gasteiger partial charge >= 0.3 is 0 Å². The molecule has 0 saturated carbocycles. The fourth-order valence-electron chi connectivity index (χ4n) is 2.65. The first-order chi connectivity index (χ1) is 10.8. The van der Waals surface area contributed by atoms with Gasteiger partial charge in [-0.2, -0.15) is 0 Å². The van der Waals surface area contributed by atoms with Crippen LogP contribution in [0.15, 0.2) is 42.5 Å². The van der Waals surface area contributed by atoms with Gasteiger partial charge < -0.3 is 14.8 Å². The second kappa shape index (κ2) is 7.24. The average molecular weight is 334 g/mol. The van der Waals surface area contributed by atoms with Crippen LogP contribution >= 0.6 is 11.6 Å². The zero-order valence-corrected chi connectivity index (χ0v) is 15.1. The van der Waals surface area contributed by atoms with E-state index in [9.17, 15) is 0 Å². The fraction of sp³-hybridized carbons (Fsp3) is 0.368. The Labute approximate surface area is 143 Å². The molecule has 1 atom stereocenters. The van der Waals surface area contributed by atoms with E-state index in [-0.39, 0.29) is 11.5 Å². The molecule has 23 heavy (non-hydrogen) atoms. The number of hydrogen-bond donors (Lipinski definition) is 1. The van der Waals surface area contributed by atoms with Crippen molar-refractivity contribution in [2.24, 2.45) is 5.41 Å². The summed E-state index contributed by atoms with van der Waals surface area (Å²) >= 11 is 6.41.